The van der Waals surface area contributed by atoms with Crippen molar-refractivity contribution in [1.82, 2.24) is 24.5 Å². The number of carbonyl (C=O) groups is 1. The zero-order valence-corrected chi connectivity index (χ0v) is 17.1. The molecule has 2 aliphatic heterocycles. The number of fused-ring (bicyclic) bond motifs is 3. The van der Waals surface area contributed by atoms with Gasteiger partial charge in [0.05, 0.1) is 5.92 Å². The van der Waals surface area contributed by atoms with Gasteiger partial charge in [-0.3, -0.25) is 9.78 Å². The molecule has 0 spiro atoms. The van der Waals surface area contributed by atoms with Crippen molar-refractivity contribution < 1.29 is 18.0 Å². The SMILES string of the molecule is O=C([C@@H]1C[C@H]1F)N1C2CCC1CN(c1ncnn3cc(-c4ccnc(C(F)F)c4)cc13)C2. The average molecular weight is 442 g/mol. The van der Waals surface area contributed by atoms with Crippen molar-refractivity contribution in [2.24, 2.45) is 5.92 Å². The summed E-state index contributed by atoms with van der Waals surface area (Å²) in [6.45, 7) is 1.26. The van der Waals surface area contributed by atoms with Gasteiger partial charge in [0.2, 0.25) is 5.91 Å². The third kappa shape index (κ3) is 3.11. The standard InChI is InChI=1S/C22H21F3N6O/c23-17-7-16(17)22(32)31-14-1-2-15(31)10-29(9-14)21-19-6-13(8-30(19)28-11-27-21)12-3-4-26-18(5-12)20(24)25/h3-6,8,11,14-17,20H,1-2,7,9-10H2/t14?,15?,16-,17-/m1/s1. The van der Waals surface area contributed by atoms with Gasteiger partial charge in [-0.15, -0.1) is 0 Å². The molecule has 0 N–H and O–H groups in total. The molecule has 3 fully saturated rings. The Kier molecular flexibility index (Phi) is 4.38. The second-order valence-corrected chi connectivity index (χ2v) is 8.81. The van der Waals surface area contributed by atoms with Gasteiger partial charge in [-0.05, 0) is 43.0 Å². The van der Waals surface area contributed by atoms with E-state index in [-0.39, 0.29) is 23.7 Å². The van der Waals surface area contributed by atoms with Gasteiger partial charge in [0.1, 0.15) is 23.7 Å². The molecule has 1 amide bonds. The summed E-state index contributed by atoms with van der Waals surface area (Å²) in [6, 6.07) is 5.05. The molecule has 2 unspecified atom stereocenters. The topological polar surface area (TPSA) is 66.6 Å². The van der Waals surface area contributed by atoms with E-state index in [0.717, 1.165) is 29.7 Å². The quantitative estimate of drug-likeness (QED) is 0.621. The molecule has 2 saturated heterocycles. The highest BCUT2D eigenvalue weighted by Crippen LogP contribution is 2.41. The van der Waals surface area contributed by atoms with Crippen molar-refractivity contribution in [2.45, 2.75) is 43.9 Å². The van der Waals surface area contributed by atoms with Crippen molar-refractivity contribution in [3.8, 4) is 11.1 Å². The molecule has 1 aliphatic carbocycles. The molecule has 0 aromatic carbocycles. The van der Waals surface area contributed by atoms with Crippen LogP contribution in [0.1, 0.15) is 31.4 Å². The van der Waals surface area contributed by atoms with Crippen LogP contribution >= 0.6 is 0 Å². The number of halogens is 3. The number of aromatic nitrogens is 4. The average Bonchev–Trinajstić information content (AvgIpc) is 3.26. The number of alkyl halides is 3. The molecule has 0 radical (unpaired) electrons. The van der Waals surface area contributed by atoms with Crippen LogP contribution in [-0.2, 0) is 4.79 Å². The first-order valence-corrected chi connectivity index (χ1v) is 10.8. The number of amides is 1. The summed E-state index contributed by atoms with van der Waals surface area (Å²) in [4.78, 5) is 25.0. The van der Waals surface area contributed by atoms with E-state index in [1.165, 1.54) is 18.6 Å². The van der Waals surface area contributed by atoms with Crippen LogP contribution < -0.4 is 4.90 Å². The normalized spacial score (nSPS) is 26.9. The highest BCUT2D eigenvalue weighted by atomic mass is 19.3. The number of carbonyl (C=O) groups excluding carboxylic acids is 1. The van der Waals surface area contributed by atoms with E-state index in [2.05, 4.69) is 20.0 Å². The number of hydrogen-bond acceptors (Lipinski definition) is 5. The van der Waals surface area contributed by atoms with Gasteiger partial charge in [-0.2, -0.15) is 5.10 Å². The molecule has 10 heteroatoms. The first-order chi connectivity index (χ1) is 15.5. The first-order valence-electron chi connectivity index (χ1n) is 10.8. The summed E-state index contributed by atoms with van der Waals surface area (Å²) in [7, 11) is 0. The fourth-order valence-electron chi connectivity index (χ4n) is 5.11. The lowest BCUT2D eigenvalue weighted by atomic mass is 10.1. The second kappa shape index (κ2) is 7.18. The predicted octanol–water partition coefficient (Wildman–Crippen LogP) is 3.27. The molecule has 4 atom stereocenters. The molecule has 2 bridgehead atoms. The van der Waals surface area contributed by atoms with Gasteiger partial charge in [-0.1, -0.05) is 0 Å². The van der Waals surface area contributed by atoms with Crippen LogP contribution in [0.4, 0.5) is 19.0 Å². The van der Waals surface area contributed by atoms with Gasteiger partial charge in [0.25, 0.3) is 6.43 Å². The van der Waals surface area contributed by atoms with Crippen LogP contribution in [0.25, 0.3) is 16.6 Å². The van der Waals surface area contributed by atoms with E-state index in [4.69, 9.17) is 0 Å². The molecule has 3 aromatic heterocycles. The Morgan fingerprint density at radius 1 is 1.09 bits per heavy atom. The molecule has 7 nitrogen and oxygen atoms in total. The van der Waals surface area contributed by atoms with E-state index in [1.54, 1.807) is 16.8 Å². The lowest BCUT2D eigenvalue weighted by molar-refractivity contribution is -0.136. The van der Waals surface area contributed by atoms with Crippen LogP contribution in [-0.4, -0.2) is 61.7 Å². The predicted molar refractivity (Wildman–Crippen MR) is 110 cm³/mol. The molecule has 6 rings (SSSR count). The van der Waals surface area contributed by atoms with Crippen molar-refractivity contribution in [3.05, 3.63) is 42.6 Å². The molecule has 166 valence electrons. The molecule has 3 aromatic rings. The zero-order valence-electron chi connectivity index (χ0n) is 17.1. The van der Waals surface area contributed by atoms with Crippen LogP contribution in [0.15, 0.2) is 36.9 Å². The van der Waals surface area contributed by atoms with Crippen LogP contribution in [0.3, 0.4) is 0 Å². The minimum absolute atomic E-state index is 0.0463. The summed E-state index contributed by atoms with van der Waals surface area (Å²) in [5.74, 6) is 0.241. The molecule has 1 saturated carbocycles. The Bertz CT molecular complexity index is 1190. The maximum atomic E-state index is 13.5. The maximum absolute atomic E-state index is 13.5. The third-order valence-electron chi connectivity index (χ3n) is 6.79. The van der Waals surface area contributed by atoms with Gasteiger partial charge in [0, 0.05) is 43.1 Å². The van der Waals surface area contributed by atoms with Crippen LogP contribution in [0.2, 0.25) is 0 Å². The summed E-state index contributed by atoms with van der Waals surface area (Å²) in [5.41, 5.74) is 1.87. The number of nitrogens with zero attached hydrogens (tertiary/aromatic N) is 6. The molecular weight excluding hydrogens is 421 g/mol. The van der Waals surface area contributed by atoms with Crippen molar-refractivity contribution in [3.63, 3.8) is 0 Å². The van der Waals surface area contributed by atoms with E-state index < -0.39 is 18.5 Å². The lowest BCUT2D eigenvalue weighted by Crippen LogP contribution is -2.56. The Hall–Kier alpha value is -3.17. The Balaban J connectivity index is 1.30. The van der Waals surface area contributed by atoms with Crippen LogP contribution in [0.5, 0.6) is 0 Å². The monoisotopic (exact) mass is 442 g/mol. The Labute approximate surface area is 181 Å². The van der Waals surface area contributed by atoms with E-state index in [9.17, 15) is 18.0 Å². The van der Waals surface area contributed by atoms with Crippen molar-refractivity contribution >= 4 is 17.2 Å². The largest absolute Gasteiger partial charge is 0.351 e. The number of rotatable bonds is 4. The van der Waals surface area contributed by atoms with E-state index in [0.29, 0.717) is 25.1 Å². The molecule has 3 aliphatic rings. The highest BCUT2D eigenvalue weighted by molar-refractivity contribution is 5.84. The van der Waals surface area contributed by atoms with Crippen LogP contribution in [0, 0.1) is 5.92 Å². The van der Waals surface area contributed by atoms with Gasteiger partial charge in [-0.25, -0.2) is 22.7 Å². The summed E-state index contributed by atoms with van der Waals surface area (Å²) < 4.78 is 41.3. The highest BCUT2D eigenvalue weighted by Gasteiger charge is 2.51. The van der Waals surface area contributed by atoms with Gasteiger partial charge < -0.3 is 9.80 Å². The van der Waals surface area contributed by atoms with Gasteiger partial charge >= 0.3 is 0 Å². The number of piperazine rings is 1. The number of pyridine rings is 1. The maximum Gasteiger partial charge on any atom is 0.280 e. The summed E-state index contributed by atoms with van der Waals surface area (Å²) in [6.07, 6.45) is 3.16. The van der Waals surface area contributed by atoms with E-state index in [1.807, 2.05) is 11.0 Å². The minimum Gasteiger partial charge on any atom is -0.351 e. The fraction of sp³-hybridized carbons (Fsp3) is 0.455. The fourth-order valence-corrected chi connectivity index (χ4v) is 5.11. The molecular formula is C22H21F3N6O. The van der Waals surface area contributed by atoms with Crippen molar-refractivity contribution in [1.29, 1.82) is 0 Å². The number of hydrogen-bond donors (Lipinski definition) is 0. The number of anilines is 1. The van der Waals surface area contributed by atoms with Gasteiger partial charge in [0.15, 0.2) is 5.82 Å². The summed E-state index contributed by atoms with van der Waals surface area (Å²) >= 11 is 0. The second-order valence-electron chi connectivity index (χ2n) is 8.81. The first kappa shape index (κ1) is 19.5. The molecule has 32 heavy (non-hydrogen) atoms. The Morgan fingerprint density at radius 2 is 1.84 bits per heavy atom. The lowest BCUT2D eigenvalue weighted by Gasteiger charge is -2.41. The Morgan fingerprint density at radius 3 is 2.53 bits per heavy atom. The zero-order chi connectivity index (χ0) is 22.0. The smallest absolute Gasteiger partial charge is 0.280 e. The third-order valence-corrected chi connectivity index (χ3v) is 6.79. The molecule has 5 heterocycles. The van der Waals surface area contributed by atoms with E-state index >= 15 is 0 Å². The van der Waals surface area contributed by atoms with Crippen molar-refractivity contribution in [2.75, 3.05) is 18.0 Å². The summed E-state index contributed by atoms with van der Waals surface area (Å²) in [5, 5.41) is 4.29. The minimum atomic E-state index is -2.64.